The summed E-state index contributed by atoms with van der Waals surface area (Å²) in [7, 11) is 0. The van der Waals surface area contributed by atoms with Crippen molar-refractivity contribution in [3.8, 4) is 11.8 Å². The topological polar surface area (TPSA) is 91.9 Å². The Hall–Kier alpha value is -1.95. The molecule has 6 aliphatic rings. The maximum Gasteiger partial charge on any atom is 0.308 e. The summed E-state index contributed by atoms with van der Waals surface area (Å²) in [6, 6.07) is 0.000157. The summed E-state index contributed by atoms with van der Waals surface area (Å²) in [5.41, 5.74) is 3.54. The first-order chi connectivity index (χ1) is 22.9. The fourth-order valence-corrected chi connectivity index (χ4v) is 14.6. The van der Waals surface area contributed by atoms with E-state index in [1.807, 2.05) is 13.8 Å². The molecule has 6 saturated carbocycles. The van der Waals surface area contributed by atoms with Gasteiger partial charge < -0.3 is 20.1 Å². The van der Waals surface area contributed by atoms with E-state index >= 15 is 0 Å². The zero-order chi connectivity index (χ0) is 35.5. The fourth-order valence-electron chi connectivity index (χ4n) is 14.6. The van der Waals surface area contributed by atoms with Gasteiger partial charge in [-0.2, -0.15) is 0 Å². The van der Waals surface area contributed by atoms with Crippen molar-refractivity contribution in [1.82, 2.24) is 4.57 Å². The second kappa shape index (κ2) is 11.8. The van der Waals surface area contributed by atoms with Gasteiger partial charge in [0.25, 0.3) is 0 Å². The number of hydrogen-bond acceptors (Lipinski definition) is 5. The molecule has 6 aliphatic carbocycles. The molecule has 0 bridgehead atoms. The summed E-state index contributed by atoms with van der Waals surface area (Å²) in [5.74, 6) is 2.99. The molecule has 1 aromatic heterocycles. The van der Waals surface area contributed by atoms with E-state index in [0.717, 1.165) is 68.9 Å². The molecule has 3 N–H and O–H groups in total. The first-order valence-electron chi connectivity index (χ1n) is 20.0. The number of carbonyl (C=O) groups excluding carboxylic acids is 1. The number of aromatic nitrogens is 1. The Morgan fingerprint density at radius 1 is 0.796 bits per heavy atom. The minimum atomic E-state index is -0.195. The van der Waals surface area contributed by atoms with Crippen LogP contribution in [0.2, 0.25) is 0 Å². The van der Waals surface area contributed by atoms with Crippen LogP contribution in [0.1, 0.15) is 149 Å². The molecule has 0 spiro atoms. The summed E-state index contributed by atoms with van der Waals surface area (Å²) in [6.45, 7) is 23.6. The summed E-state index contributed by atoms with van der Waals surface area (Å²) >= 11 is 0. The van der Waals surface area contributed by atoms with Crippen molar-refractivity contribution in [3.05, 3.63) is 23.3 Å². The van der Waals surface area contributed by atoms with Gasteiger partial charge in [-0.25, -0.2) is 0 Å². The van der Waals surface area contributed by atoms with Crippen LogP contribution in [0.25, 0.3) is 0 Å². The van der Waals surface area contributed by atoms with E-state index in [2.05, 4.69) is 48.1 Å². The van der Waals surface area contributed by atoms with Crippen molar-refractivity contribution < 1.29 is 24.9 Å². The third-order valence-corrected chi connectivity index (χ3v) is 17.8. The first kappa shape index (κ1) is 35.5. The number of fused-ring (bicyclic) bond motifs is 7. The van der Waals surface area contributed by atoms with E-state index in [1.54, 1.807) is 4.57 Å². The lowest BCUT2D eigenvalue weighted by molar-refractivity contribution is -0.250. The molecule has 1 heterocycles. The zero-order valence-electron chi connectivity index (χ0n) is 32.0. The minimum Gasteiger partial charge on any atom is -0.494 e. The van der Waals surface area contributed by atoms with Crippen LogP contribution < -0.4 is 0 Å². The van der Waals surface area contributed by atoms with Gasteiger partial charge in [0.1, 0.15) is 0 Å². The predicted molar refractivity (Wildman–Crippen MR) is 194 cm³/mol. The van der Waals surface area contributed by atoms with Crippen LogP contribution in [-0.2, 0) is 9.53 Å². The number of allylic oxidation sites excluding steroid dienone is 1. The van der Waals surface area contributed by atoms with Crippen molar-refractivity contribution in [2.24, 2.45) is 62.6 Å². The highest BCUT2D eigenvalue weighted by molar-refractivity contribution is 5.72. The maximum absolute atomic E-state index is 13.7. The quantitative estimate of drug-likeness (QED) is 0.213. The second-order valence-electron chi connectivity index (χ2n) is 19.8. The summed E-state index contributed by atoms with van der Waals surface area (Å²) in [4.78, 5) is 13.7. The van der Waals surface area contributed by atoms with E-state index in [0.29, 0.717) is 36.2 Å². The molecule has 0 amide bonds. The van der Waals surface area contributed by atoms with Gasteiger partial charge in [-0.15, -0.1) is 0 Å². The third-order valence-electron chi connectivity index (χ3n) is 17.8. The Bertz CT molecular complexity index is 1460. The molecule has 0 saturated heterocycles. The largest absolute Gasteiger partial charge is 0.494 e. The van der Waals surface area contributed by atoms with Gasteiger partial charge in [-0.3, -0.25) is 9.36 Å². The van der Waals surface area contributed by atoms with E-state index < -0.39 is 0 Å². The molecule has 6 nitrogen and oxygen atoms in total. The number of nitrogens with zero attached hydrogens (tertiary/aromatic N) is 1. The number of ether oxygens (including phenoxy) is 1. The fraction of sp³-hybridized carbons (Fsp3) is 0.837. The van der Waals surface area contributed by atoms with Crippen LogP contribution in [0.3, 0.4) is 0 Å². The van der Waals surface area contributed by atoms with Crippen LogP contribution >= 0.6 is 0 Å². The molecule has 0 radical (unpaired) electrons. The van der Waals surface area contributed by atoms with E-state index in [1.165, 1.54) is 37.7 Å². The van der Waals surface area contributed by atoms with Crippen molar-refractivity contribution in [2.75, 3.05) is 6.61 Å². The van der Waals surface area contributed by atoms with Crippen molar-refractivity contribution in [3.63, 3.8) is 0 Å². The number of aromatic hydroxyl groups is 2. The lowest BCUT2D eigenvalue weighted by Gasteiger charge is -2.73. The number of rotatable bonds is 5. The molecule has 0 aromatic carbocycles. The molecule has 10 atom stereocenters. The van der Waals surface area contributed by atoms with Gasteiger partial charge in [0.05, 0.1) is 18.6 Å². The Morgan fingerprint density at radius 3 is 2.08 bits per heavy atom. The molecule has 6 fully saturated rings. The number of carbonyl (C=O) groups is 1. The highest BCUT2D eigenvalue weighted by atomic mass is 16.5. The lowest BCUT2D eigenvalue weighted by Crippen LogP contribution is -2.66. The molecular formula is C43H67NO5. The molecule has 10 unspecified atom stereocenters. The highest BCUT2D eigenvalue weighted by Crippen LogP contribution is 2.77. The van der Waals surface area contributed by atoms with Crippen LogP contribution in [0, 0.1) is 76.4 Å². The van der Waals surface area contributed by atoms with Crippen molar-refractivity contribution in [1.29, 1.82) is 0 Å². The monoisotopic (exact) mass is 678 g/mol. The molecule has 0 aliphatic heterocycles. The van der Waals surface area contributed by atoms with E-state index in [4.69, 9.17) is 4.74 Å². The second-order valence-corrected chi connectivity index (χ2v) is 19.8. The number of aliphatic hydroxyl groups excluding tert-OH is 1. The average Bonchev–Trinajstić information content (AvgIpc) is 3.53. The Morgan fingerprint density at radius 2 is 1.45 bits per heavy atom. The van der Waals surface area contributed by atoms with Gasteiger partial charge in [0.2, 0.25) is 0 Å². The van der Waals surface area contributed by atoms with Gasteiger partial charge in [-0.05, 0) is 162 Å². The first-order valence-corrected chi connectivity index (χ1v) is 20.0. The molecular weight excluding hydrogens is 610 g/mol. The smallest absolute Gasteiger partial charge is 0.308 e. The molecule has 6 heteroatoms. The predicted octanol–water partition coefficient (Wildman–Crippen LogP) is 9.81. The van der Waals surface area contributed by atoms with Crippen LogP contribution in [0.5, 0.6) is 11.8 Å². The SMILES string of the molecule is C=C(C)C1CCC2(COC(=O)C3CCC(n4c(O)c(C)c(C)c4O)CC3)CCC3(C)C(CCC4C5(C)CCC(O)C(C)(C)C5CCC43C)C12. The Balaban J connectivity index is 1.08. The van der Waals surface area contributed by atoms with Crippen LogP contribution in [0.15, 0.2) is 12.2 Å². The van der Waals surface area contributed by atoms with Gasteiger partial charge in [-0.1, -0.05) is 46.8 Å². The van der Waals surface area contributed by atoms with Gasteiger partial charge in [0.15, 0.2) is 11.8 Å². The summed E-state index contributed by atoms with van der Waals surface area (Å²) in [5, 5.41) is 32.4. The Kier molecular flexibility index (Phi) is 8.53. The lowest BCUT2D eigenvalue weighted by atomic mass is 9.32. The molecule has 274 valence electrons. The van der Waals surface area contributed by atoms with Gasteiger partial charge >= 0.3 is 5.97 Å². The standard InChI is InChI=1S/C43H67NO5/c1-25(2)30-16-21-43(24-49-38(48)28-10-12-29(13-11-28)44-36(46)26(3)27(4)37(44)47)23-22-41(8)31(35(30)43)14-15-33-40(7)19-18-34(45)39(5,6)32(40)17-20-42(33,41)9/h28-35,45-47H,1,10-24H2,2-9H3. The molecule has 7 rings (SSSR count). The van der Waals surface area contributed by atoms with Crippen molar-refractivity contribution in [2.45, 2.75) is 157 Å². The summed E-state index contributed by atoms with van der Waals surface area (Å²) < 4.78 is 8.10. The van der Waals surface area contributed by atoms with Gasteiger partial charge in [0, 0.05) is 22.6 Å². The normalized spacial score (nSPS) is 45.8. The third kappa shape index (κ3) is 4.90. The highest BCUT2D eigenvalue weighted by Gasteiger charge is 2.71. The molecule has 49 heavy (non-hydrogen) atoms. The van der Waals surface area contributed by atoms with E-state index in [9.17, 15) is 20.1 Å². The average molecular weight is 678 g/mol. The van der Waals surface area contributed by atoms with Crippen LogP contribution in [-0.4, -0.2) is 38.6 Å². The number of hydrogen-bond donors (Lipinski definition) is 3. The van der Waals surface area contributed by atoms with Crippen LogP contribution in [0.4, 0.5) is 0 Å². The maximum atomic E-state index is 13.7. The number of esters is 1. The summed E-state index contributed by atoms with van der Waals surface area (Å²) in [6.07, 6.45) is 14.5. The molecule has 1 aromatic rings. The van der Waals surface area contributed by atoms with Crippen molar-refractivity contribution >= 4 is 5.97 Å². The number of aliphatic hydroxyl groups is 1. The zero-order valence-corrected chi connectivity index (χ0v) is 32.0. The van der Waals surface area contributed by atoms with E-state index in [-0.39, 0.29) is 62.9 Å². The Labute approximate surface area is 296 Å². The minimum absolute atomic E-state index is 0.000157.